The molecule has 2 nitrogen and oxygen atoms in total. The van der Waals surface area contributed by atoms with Crippen LogP contribution in [0.2, 0.25) is 0 Å². The summed E-state index contributed by atoms with van der Waals surface area (Å²) >= 11 is 0. The van der Waals surface area contributed by atoms with E-state index in [1.54, 1.807) is 11.1 Å². The van der Waals surface area contributed by atoms with Crippen LogP contribution >= 0.6 is 0 Å². The molecule has 6 saturated carbocycles. The Morgan fingerprint density at radius 3 is 1.24 bits per heavy atom. The topological polar surface area (TPSA) is 18.5 Å². The zero-order chi connectivity index (χ0) is 41.4. The summed E-state index contributed by atoms with van der Waals surface area (Å²) in [5.74, 6) is 8.58. The highest BCUT2D eigenvalue weighted by Gasteiger charge is 2.59. The Hall–Kier alpha value is -1.64. The Morgan fingerprint density at radius 2 is 0.862 bits per heavy atom. The minimum absolute atomic E-state index is 0.178. The SMILES string of the molecule is CC(C)[C@@H](C)/C=C/[C@@H](C)[C@H]1CCC2C3=CC=C4C[C@@H](OO[C@H]5CC[C@@]6(C)C(=CC=C7C6CC[C@@]6(C)C7CC[C@@H]6[C@H](C)/C=C/[C@H](C)C(C)C)C5)CC[C@]4(C)C3CC[C@@]21C. The van der Waals surface area contributed by atoms with E-state index in [4.69, 9.17) is 9.78 Å². The van der Waals surface area contributed by atoms with Crippen LogP contribution in [0.4, 0.5) is 0 Å². The maximum Gasteiger partial charge on any atom is 0.0967 e. The van der Waals surface area contributed by atoms with Crippen LogP contribution in [0.1, 0.15) is 173 Å². The molecular weight excluding hydrogens is 705 g/mol. The summed E-state index contributed by atoms with van der Waals surface area (Å²) in [6.07, 6.45) is 38.7. The van der Waals surface area contributed by atoms with E-state index in [-0.39, 0.29) is 23.0 Å². The first-order valence-electron chi connectivity index (χ1n) is 25.0. The smallest absolute Gasteiger partial charge is 0.0967 e. The van der Waals surface area contributed by atoms with Crippen LogP contribution in [0.25, 0.3) is 0 Å². The molecule has 0 N–H and O–H groups in total. The van der Waals surface area contributed by atoms with Crippen molar-refractivity contribution in [1.29, 1.82) is 0 Å². The van der Waals surface area contributed by atoms with Crippen molar-refractivity contribution in [2.75, 3.05) is 0 Å². The van der Waals surface area contributed by atoms with Gasteiger partial charge >= 0.3 is 0 Å². The van der Waals surface area contributed by atoms with Crippen molar-refractivity contribution in [2.45, 2.75) is 185 Å². The summed E-state index contributed by atoms with van der Waals surface area (Å²) in [7, 11) is 0. The van der Waals surface area contributed by atoms with E-state index in [1.165, 1.54) is 64.2 Å². The van der Waals surface area contributed by atoms with Crippen molar-refractivity contribution < 1.29 is 9.78 Å². The molecule has 16 atom stereocenters. The highest BCUT2D eigenvalue weighted by Crippen LogP contribution is 2.68. The van der Waals surface area contributed by atoms with Gasteiger partial charge in [-0.15, -0.1) is 0 Å². The number of hydrogen-bond donors (Lipinski definition) is 0. The van der Waals surface area contributed by atoms with Gasteiger partial charge in [0, 0.05) is 0 Å². The summed E-state index contributed by atoms with van der Waals surface area (Å²) in [5.41, 5.74) is 8.31. The maximum atomic E-state index is 6.49. The second-order valence-electron chi connectivity index (χ2n) is 23.8. The summed E-state index contributed by atoms with van der Waals surface area (Å²) in [4.78, 5) is 13.0. The fourth-order valence-corrected chi connectivity index (χ4v) is 15.5. The lowest BCUT2D eigenvalue weighted by Gasteiger charge is -2.55. The van der Waals surface area contributed by atoms with Gasteiger partial charge in [0.2, 0.25) is 0 Å². The Kier molecular flexibility index (Phi) is 12.0. The average Bonchev–Trinajstić information content (AvgIpc) is 3.74. The highest BCUT2D eigenvalue weighted by atomic mass is 17.2. The Morgan fingerprint density at radius 1 is 0.466 bits per heavy atom. The van der Waals surface area contributed by atoms with E-state index in [0.29, 0.717) is 58.2 Å². The molecule has 0 heterocycles. The van der Waals surface area contributed by atoms with Crippen LogP contribution in [-0.2, 0) is 9.78 Å². The number of hydrogen-bond acceptors (Lipinski definition) is 2. The van der Waals surface area contributed by atoms with Gasteiger partial charge in [-0.05, 0) is 183 Å². The van der Waals surface area contributed by atoms with Gasteiger partial charge in [0.25, 0.3) is 0 Å². The maximum absolute atomic E-state index is 6.49. The van der Waals surface area contributed by atoms with Crippen molar-refractivity contribution in [2.24, 2.45) is 92.7 Å². The molecule has 0 aromatic heterocycles. The zero-order valence-electron chi connectivity index (χ0n) is 39.4. The summed E-state index contributed by atoms with van der Waals surface area (Å²) in [6.45, 7) is 29.8. The van der Waals surface area contributed by atoms with Crippen LogP contribution in [0.5, 0.6) is 0 Å². The lowest BCUT2D eigenvalue weighted by Crippen LogP contribution is -2.47. The van der Waals surface area contributed by atoms with Gasteiger partial charge in [-0.3, -0.25) is 0 Å². The fraction of sp³-hybridized carbons (Fsp3) is 0.786. The van der Waals surface area contributed by atoms with Crippen LogP contribution in [0.15, 0.2) is 70.9 Å². The Labute approximate surface area is 357 Å². The quantitative estimate of drug-likeness (QED) is 0.118. The first-order chi connectivity index (χ1) is 27.5. The number of allylic oxidation sites excluding steroid dienone is 10. The molecule has 4 unspecified atom stereocenters. The first-order valence-corrected chi connectivity index (χ1v) is 25.0. The Bertz CT molecular complexity index is 1580. The second kappa shape index (κ2) is 16.2. The van der Waals surface area contributed by atoms with Gasteiger partial charge in [-0.25, -0.2) is 9.78 Å². The van der Waals surface area contributed by atoms with E-state index in [9.17, 15) is 0 Å². The molecule has 0 bridgehead atoms. The monoisotopic (exact) mass is 791 g/mol. The first kappa shape index (κ1) is 43.0. The van der Waals surface area contributed by atoms with E-state index < -0.39 is 0 Å². The number of rotatable bonds is 11. The van der Waals surface area contributed by atoms with Crippen LogP contribution in [0, 0.1) is 92.7 Å². The van der Waals surface area contributed by atoms with Crippen molar-refractivity contribution in [3.05, 3.63) is 70.9 Å². The van der Waals surface area contributed by atoms with E-state index >= 15 is 0 Å². The molecule has 2 heteroatoms. The predicted molar refractivity (Wildman–Crippen MR) is 245 cm³/mol. The van der Waals surface area contributed by atoms with Gasteiger partial charge in [0.1, 0.15) is 0 Å². The molecule has 0 aromatic carbocycles. The third-order valence-corrected chi connectivity index (χ3v) is 20.3. The third kappa shape index (κ3) is 7.33. The van der Waals surface area contributed by atoms with Crippen molar-refractivity contribution in [3.8, 4) is 0 Å². The molecule has 8 aliphatic rings. The molecule has 0 aromatic rings. The van der Waals surface area contributed by atoms with Crippen LogP contribution < -0.4 is 0 Å². The molecular formula is C56H86O2. The van der Waals surface area contributed by atoms with Gasteiger partial charge in [0.15, 0.2) is 0 Å². The van der Waals surface area contributed by atoms with E-state index in [2.05, 4.69) is 132 Å². The molecule has 0 saturated heterocycles. The van der Waals surface area contributed by atoms with Gasteiger partial charge < -0.3 is 0 Å². The Balaban J connectivity index is 0.884. The van der Waals surface area contributed by atoms with Gasteiger partial charge in [-0.2, -0.15) is 0 Å². The van der Waals surface area contributed by atoms with E-state index in [1.807, 2.05) is 11.1 Å². The standard InChI is InChI=1S/C56H86O2/c1-35(2)37(5)13-15-39(7)47-21-23-49-45-19-17-41-33-43(25-29-53(41,9)51(45)27-31-55(47,49)11)57-58-44-26-30-54(10)42(34-44)18-20-46-50-24-22-48(56(50,12)32-28-52(46)54)40(8)16-14-38(6)36(3)4/h13-20,35-40,43-44,47-52H,21-34H2,1-12H3/b15-13+,16-14+/t37-,38-,39+,40+,43-,44-,47+,48+,49?,50?,51?,52?,53-,54-,55+,56+/m0/s1. The van der Waals surface area contributed by atoms with Gasteiger partial charge in [-0.1, -0.05) is 154 Å². The summed E-state index contributed by atoms with van der Waals surface area (Å²) in [5, 5.41) is 0. The molecule has 0 spiro atoms. The fourth-order valence-electron chi connectivity index (χ4n) is 15.5. The molecule has 8 rings (SSSR count). The zero-order valence-corrected chi connectivity index (χ0v) is 39.4. The molecule has 8 aliphatic carbocycles. The minimum atomic E-state index is 0.178. The highest BCUT2D eigenvalue weighted by molar-refractivity contribution is 5.40. The minimum Gasteiger partial charge on any atom is -0.233 e. The summed E-state index contributed by atoms with van der Waals surface area (Å²) in [6, 6.07) is 0. The molecule has 58 heavy (non-hydrogen) atoms. The largest absolute Gasteiger partial charge is 0.233 e. The van der Waals surface area contributed by atoms with Crippen molar-refractivity contribution in [1.82, 2.24) is 0 Å². The predicted octanol–water partition coefficient (Wildman–Crippen LogP) is 15.6. The lowest BCUT2D eigenvalue weighted by molar-refractivity contribution is -0.357. The number of fused-ring (bicyclic) bond motifs is 10. The van der Waals surface area contributed by atoms with Crippen LogP contribution in [0.3, 0.4) is 0 Å². The van der Waals surface area contributed by atoms with Crippen LogP contribution in [-0.4, -0.2) is 12.2 Å². The molecule has 0 aliphatic heterocycles. The van der Waals surface area contributed by atoms with Crippen molar-refractivity contribution in [3.63, 3.8) is 0 Å². The van der Waals surface area contributed by atoms with Gasteiger partial charge in [0.05, 0.1) is 12.2 Å². The molecule has 0 radical (unpaired) electrons. The van der Waals surface area contributed by atoms with E-state index in [0.717, 1.165) is 49.4 Å². The lowest BCUT2D eigenvalue weighted by atomic mass is 9.50. The van der Waals surface area contributed by atoms with Crippen molar-refractivity contribution >= 4 is 0 Å². The molecule has 322 valence electrons. The summed E-state index contributed by atoms with van der Waals surface area (Å²) < 4.78 is 0. The second-order valence-corrected chi connectivity index (χ2v) is 23.8. The third-order valence-electron chi connectivity index (χ3n) is 20.3. The molecule has 0 amide bonds. The molecule has 6 fully saturated rings. The normalized spacial score (nSPS) is 44.3. The average molecular weight is 791 g/mol.